The second-order valence-electron chi connectivity index (χ2n) is 9.77. The summed E-state index contributed by atoms with van der Waals surface area (Å²) in [6, 6.07) is 11.0. The molecule has 1 aliphatic rings. The molecule has 37 heavy (non-hydrogen) atoms. The van der Waals surface area contributed by atoms with E-state index in [-0.39, 0.29) is 17.9 Å². The molecule has 2 atom stereocenters. The van der Waals surface area contributed by atoms with E-state index < -0.39 is 6.04 Å². The second-order valence-corrected chi connectivity index (χ2v) is 9.77. The van der Waals surface area contributed by atoms with Crippen LogP contribution in [0, 0.1) is 0 Å². The van der Waals surface area contributed by atoms with Crippen LogP contribution in [0.5, 0.6) is 17.2 Å². The number of carbonyl (C=O) groups is 2. The van der Waals surface area contributed by atoms with Crippen LogP contribution in [0.2, 0.25) is 0 Å². The molecule has 7 nitrogen and oxygen atoms in total. The van der Waals surface area contributed by atoms with Gasteiger partial charge in [0.1, 0.15) is 12.1 Å². The van der Waals surface area contributed by atoms with Crippen molar-refractivity contribution in [2.24, 2.45) is 0 Å². The highest BCUT2D eigenvalue weighted by Crippen LogP contribution is 2.41. The lowest BCUT2D eigenvalue weighted by atomic mass is 9.98. The number of piperazine rings is 1. The van der Waals surface area contributed by atoms with Gasteiger partial charge in [0.05, 0.1) is 21.3 Å². The van der Waals surface area contributed by atoms with E-state index in [0.29, 0.717) is 23.8 Å². The number of unbranched alkanes of at least 4 members (excludes halogenated alkanes) is 5. The summed E-state index contributed by atoms with van der Waals surface area (Å²) in [5.41, 5.74) is 2.89. The summed E-state index contributed by atoms with van der Waals surface area (Å²) >= 11 is 0. The maximum absolute atomic E-state index is 13.4. The smallest absolute Gasteiger partial charge is 0.246 e. The van der Waals surface area contributed by atoms with Crippen LogP contribution < -0.4 is 14.2 Å². The largest absolute Gasteiger partial charge is 0.493 e. The molecule has 0 aromatic heterocycles. The summed E-state index contributed by atoms with van der Waals surface area (Å²) in [4.78, 5) is 29.8. The molecule has 0 radical (unpaired) electrons. The number of ether oxygens (including phenoxy) is 3. The molecule has 0 N–H and O–H groups in total. The van der Waals surface area contributed by atoms with Gasteiger partial charge in [0, 0.05) is 13.6 Å². The van der Waals surface area contributed by atoms with Gasteiger partial charge in [-0.2, -0.15) is 0 Å². The highest BCUT2D eigenvalue weighted by Gasteiger charge is 2.41. The Morgan fingerprint density at radius 1 is 0.784 bits per heavy atom. The number of hydrogen-bond acceptors (Lipinski definition) is 5. The van der Waals surface area contributed by atoms with Crippen LogP contribution in [0.25, 0.3) is 11.1 Å². The van der Waals surface area contributed by atoms with Crippen molar-refractivity contribution in [3.05, 3.63) is 42.0 Å². The zero-order valence-electron chi connectivity index (χ0n) is 23.2. The number of methoxy groups -OCH3 is 3. The van der Waals surface area contributed by atoms with Crippen molar-refractivity contribution >= 4 is 11.8 Å². The molecule has 3 rings (SSSR count). The molecule has 0 aliphatic carbocycles. The van der Waals surface area contributed by atoms with E-state index >= 15 is 0 Å². The molecule has 1 fully saturated rings. The first-order valence-corrected chi connectivity index (χ1v) is 13.3. The van der Waals surface area contributed by atoms with E-state index in [1.165, 1.54) is 25.7 Å². The number of hydrogen-bond donors (Lipinski definition) is 0. The van der Waals surface area contributed by atoms with Gasteiger partial charge in [-0.05, 0) is 42.2 Å². The van der Waals surface area contributed by atoms with Crippen molar-refractivity contribution in [3.8, 4) is 28.4 Å². The third-order valence-corrected chi connectivity index (χ3v) is 7.34. The van der Waals surface area contributed by atoms with Crippen molar-refractivity contribution in [3.63, 3.8) is 0 Å². The molecule has 0 saturated carbocycles. The predicted molar refractivity (Wildman–Crippen MR) is 146 cm³/mol. The summed E-state index contributed by atoms with van der Waals surface area (Å²) < 4.78 is 16.4. The Bertz CT molecular complexity index is 1030. The van der Waals surface area contributed by atoms with Crippen LogP contribution in [0.4, 0.5) is 0 Å². The number of amides is 2. The van der Waals surface area contributed by atoms with Crippen LogP contribution >= 0.6 is 0 Å². The number of nitrogens with zero attached hydrogens (tertiary/aromatic N) is 2. The van der Waals surface area contributed by atoms with Gasteiger partial charge < -0.3 is 24.0 Å². The highest BCUT2D eigenvalue weighted by atomic mass is 16.5. The number of rotatable bonds is 13. The Morgan fingerprint density at radius 2 is 1.38 bits per heavy atom. The van der Waals surface area contributed by atoms with Gasteiger partial charge in [0.2, 0.25) is 17.6 Å². The number of benzene rings is 2. The normalized spacial score (nSPS) is 17.8. The average molecular weight is 511 g/mol. The lowest BCUT2D eigenvalue weighted by molar-refractivity contribution is -0.160. The van der Waals surface area contributed by atoms with Crippen molar-refractivity contribution in [1.82, 2.24) is 9.80 Å². The molecule has 1 aliphatic heterocycles. The first-order chi connectivity index (χ1) is 17.9. The van der Waals surface area contributed by atoms with E-state index in [2.05, 4.69) is 6.92 Å². The first-order valence-electron chi connectivity index (χ1n) is 13.3. The quantitative estimate of drug-likeness (QED) is 0.324. The summed E-state index contributed by atoms with van der Waals surface area (Å²) in [5.74, 6) is 1.77. The Labute approximate surface area is 221 Å². The minimum Gasteiger partial charge on any atom is -0.493 e. The monoisotopic (exact) mass is 510 g/mol. The van der Waals surface area contributed by atoms with Crippen LogP contribution in [-0.4, -0.2) is 62.1 Å². The van der Waals surface area contributed by atoms with Gasteiger partial charge in [-0.15, -0.1) is 0 Å². The van der Waals surface area contributed by atoms with Crippen molar-refractivity contribution in [2.75, 3.05) is 28.4 Å². The fourth-order valence-corrected chi connectivity index (χ4v) is 5.03. The molecular formula is C30H42N2O5. The summed E-state index contributed by atoms with van der Waals surface area (Å²) in [7, 11) is 6.54. The van der Waals surface area contributed by atoms with Crippen LogP contribution in [-0.2, 0) is 16.1 Å². The van der Waals surface area contributed by atoms with Gasteiger partial charge >= 0.3 is 0 Å². The second kappa shape index (κ2) is 13.4. The van der Waals surface area contributed by atoms with Crippen LogP contribution in [0.15, 0.2) is 36.4 Å². The molecule has 2 aromatic carbocycles. The standard InChI is InChI=1S/C30H42N2O5/c1-7-8-9-10-11-12-13-25-30(34)32(21(2)29(33)31(25)3)20-22-14-16-23(17-15-22)24-18-26(35-4)28(37-6)27(19-24)36-5/h14-19,21,25H,7-13,20H2,1-6H3/t21-,25?/m0/s1. The molecule has 202 valence electrons. The molecule has 7 heteroatoms. The molecular weight excluding hydrogens is 468 g/mol. The van der Waals surface area contributed by atoms with E-state index in [0.717, 1.165) is 36.0 Å². The third kappa shape index (κ3) is 6.56. The Balaban J connectivity index is 1.72. The van der Waals surface area contributed by atoms with Crippen molar-refractivity contribution in [2.45, 2.75) is 77.4 Å². The topological polar surface area (TPSA) is 68.3 Å². The van der Waals surface area contributed by atoms with Crippen LogP contribution in [0.1, 0.15) is 64.4 Å². The van der Waals surface area contributed by atoms with Crippen molar-refractivity contribution < 1.29 is 23.8 Å². The fourth-order valence-electron chi connectivity index (χ4n) is 5.03. The molecule has 2 aromatic rings. The first kappa shape index (κ1) is 28.4. The molecule has 2 amide bonds. The van der Waals surface area contributed by atoms with E-state index in [1.54, 1.807) is 38.2 Å². The third-order valence-electron chi connectivity index (χ3n) is 7.34. The molecule has 1 saturated heterocycles. The zero-order chi connectivity index (χ0) is 26.9. The lowest BCUT2D eigenvalue weighted by Gasteiger charge is -2.42. The van der Waals surface area contributed by atoms with Gasteiger partial charge in [0.25, 0.3) is 0 Å². The number of carbonyl (C=O) groups excluding carboxylic acids is 2. The minimum atomic E-state index is -0.479. The van der Waals surface area contributed by atoms with Crippen LogP contribution in [0.3, 0.4) is 0 Å². The minimum absolute atomic E-state index is 0.00428. The van der Waals surface area contributed by atoms with E-state index in [4.69, 9.17) is 14.2 Å². The highest BCUT2D eigenvalue weighted by molar-refractivity contribution is 5.96. The van der Waals surface area contributed by atoms with Gasteiger partial charge in [0.15, 0.2) is 11.5 Å². The van der Waals surface area contributed by atoms with Crippen molar-refractivity contribution in [1.29, 1.82) is 0 Å². The molecule has 0 bridgehead atoms. The van der Waals surface area contributed by atoms with Gasteiger partial charge in [-0.3, -0.25) is 9.59 Å². The summed E-state index contributed by atoms with van der Waals surface area (Å²) in [6.45, 7) is 4.43. The maximum Gasteiger partial charge on any atom is 0.246 e. The maximum atomic E-state index is 13.4. The Kier molecular flexibility index (Phi) is 10.2. The summed E-state index contributed by atoms with van der Waals surface area (Å²) in [5, 5.41) is 0. The average Bonchev–Trinajstić information content (AvgIpc) is 2.92. The Hall–Kier alpha value is -3.22. The fraction of sp³-hybridized carbons (Fsp3) is 0.533. The van der Waals surface area contributed by atoms with Gasteiger partial charge in [-0.1, -0.05) is 69.7 Å². The predicted octanol–water partition coefficient (Wildman–Crippen LogP) is 5.69. The molecule has 0 spiro atoms. The molecule has 1 heterocycles. The van der Waals surface area contributed by atoms with E-state index in [9.17, 15) is 9.59 Å². The Morgan fingerprint density at radius 3 is 1.95 bits per heavy atom. The lowest BCUT2D eigenvalue weighted by Crippen LogP contribution is -2.62. The molecule has 1 unspecified atom stereocenters. The summed E-state index contributed by atoms with van der Waals surface area (Å²) in [6.07, 6.45) is 7.67. The van der Waals surface area contributed by atoms with Gasteiger partial charge in [-0.25, -0.2) is 0 Å². The zero-order valence-corrected chi connectivity index (χ0v) is 23.2. The SMILES string of the molecule is CCCCCCCCC1C(=O)N(Cc2ccc(-c3cc(OC)c(OC)c(OC)c3)cc2)[C@@H](C)C(=O)N1C. The number of likely N-dealkylation sites (N-methyl/N-ethyl adjacent to an activating group) is 1. The van der Waals surface area contributed by atoms with E-state index in [1.807, 2.05) is 43.3 Å².